The molecule has 2 atom stereocenters. The Hall–Kier alpha value is -2.11. The molecule has 0 aliphatic carbocycles. The van der Waals surface area contributed by atoms with E-state index in [-0.39, 0.29) is 12.6 Å². The lowest BCUT2D eigenvalue weighted by Crippen LogP contribution is -2.51. The number of amides is 4. The number of carbonyl (C=O) groups excluding carboxylic acids is 2. The zero-order valence-corrected chi connectivity index (χ0v) is 13.8. The van der Waals surface area contributed by atoms with E-state index in [2.05, 4.69) is 10.4 Å². The number of carbonyl (C=O) groups is 3. The first-order chi connectivity index (χ1) is 12.0. The minimum absolute atomic E-state index is 0.234. The SMILES string of the molecule is O=C(NOCCN1CCN(C(=O)O)CC1)[C@@H]1CC[C@@H]2CN1C(=O)N2O. The third-order valence-corrected chi connectivity index (χ3v) is 4.97. The summed E-state index contributed by atoms with van der Waals surface area (Å²) < 4.78 is 0. The lowest BCUT2D eigenvalue weighted by molar-refractivity contribution is -0.139. The monoisotopic (exact) mass is 357 g/mol. The normalized spacial score (nSPS) is 26.9. The first kappa shape index (κ1) is 17.7. The summed E-state index contributed by atoms with van der Waals surface area (Å²) in [5.74, 6) is -0.391. The fourth-order valence-corrected chi connectivity index (χ4v) is 3.45. The Labute approximate surface area is 144 Å². The van der Waals surface area contributed by atoms with Gasteiger partial charge >= 0.3 is 12.1 Å². The van der Waals surface area contributed by atoms with E-state index in [9.17, 15) is 19.6 Å². The Morgan fingerprint density at radius 1 is 1.20 bits per heavy atom. The van der Waals surface area contributed by atoms with Gasteiger partial charge in [-0.1, -0.05) is 0 Å². The molecule has 0 radical (unpaired) electrons. The van der Waals surface area contributed by atoms with Gasteiger partial charge in [0.05, 0.1) is 12.6 Å². The van der Waals surface area contributed by atoms with Crippen LogP contribution in [-0.4, -0.2) is 106 Å². The van der Waals surface area contributed by atoms with Crippen molar-refractivity contribution < 1.29 is 29.5 Å². The van der Waals surface area contributed by atoms with Crippen LogP contribution < -0.4 is 5.48 Å². The highest BCUT2D eigenvalue weighted by Crippen LogP contribution is 2.28. The van der Waals surface area contributed by atoms with Gasteiger partial charge in [-0.15, -0.1) is 0 Å². The number of hydroxylamine groups is 3. The number of nitrogens with zero attached hydrogens (tertiary/aromatic N) is 4. The Morgan fingerprint density at radius 3 is 2.60 bits per heavy atom. The average molecular weight is 357 g/mol. The number of carboxylic acid groups (broad SMARTS) is 1. The molecule has 0 aromatic heterocycles. The maximum Gasteiger partial charge on any atom is 0.407 e. The van der Waals surface area contributed by atoms with E-state index in [0.717, 1.165) is 0 Å². The first-order valence-electron chi connectivity index (χ1n) is 8.38. The van der Waals surface area contributed by atoms with E-state index in [4.69, 9.17) is 9.94 Å². The van der Waals surface area contributed by atoms with Crippen molar-refractivity contribution in [2.24, 2.45) is 0 Å². The smallest absolute Gasteiger partial charge is 0.407 e. The number of nitrogens with one attached hydrogen (secondary N) is 1. The van der Waals surface area contributed by atoms with Crippen LogP contribution in [0.5, 0.6) is 0 Å². The maximum absolute atomic E-state index is 12.2. The molecule has 0 aromatic rings. The van der Waals surface area contributed by atoms with Crippen LogP contribution in [0.3, 0.4) is 0 Å². The summed E-state index contributed by atoms with van der Waals surface area (Å²) in [6, 6.07) is -1.40. The molecule has 3 heterocycles. The van der Waals surface area contributed by atoms with Crippen LogP contribution in [0.25, 0.3) is 0 Å². The summed E-state index contributed by atoms with van der Waals surface area (Å²) in [6.07, 6.45) is 0.153. The highest BCUT2D eigenvalue weighted by atomic mass is 16.7. The van der Waals surface area contributed by atoms with E-state index in [0.29, 0.717) is 57.2 Å². The molecule has 0 spiro atoms. The number of piperidine rings is 1. The number of hydrogen-bond acceptors (Lipinski definition) is 6. The molecule has 0 aromatic carbocycles. The predicted octanol–water partition coefficient (Wildman–Crippen LogP) is -1.01. The van der Waals surface area contributed by atoms with Crippen LogP contribution in [0.1, 0.15) is 12.8 Å². The molecule has 0 saturated carbocycles. The lowest BCUT2D eigenvalue weighted by atomic mass is 10.0. The molecular weight excluding hydrogens is 334 g/mol. The molecule has 3 fully saturated rings. The van der Waals surface area contributed by atoms with Crippen molar-refractivity contribution in [3.63, 3.8) is 0 Å². The van der Waals surface area contributed by atoms with Gasteiger partial charge in [0.15, 0.2) is 0 Å². The summed E-state index contributed by atoms with van der Waals surface area (Å²) in [7, 11) is 0. The Balaban J connectivity index is 1.35. The van der Waals surface area contributed by atoms with Crippen molar-refractivity contribution in [1.82, 2.24) is 25.2 Å². The van der Waals surface area contributed by atoms with Crippen LogP contribution >= 0.6 is 0 Å². The van der Waals surface area contributed by atoms with Crippen molar-refractivity contribution in [2.75, 3.05) is 45.9 Å². The van der Waals surface area contributed by atoms with E-state index in [1.165, 1.54) is 9.80 Å². The van der Waals surface area contributed by atoms with Crippen molar-refractivity contribution in [1.29, 1.82) is 0 Å². The minimum Gasteiger partial charge on any atom is -0.465 e. The fraction of sp³-hybridized carbons (Fsp3) is 0.786. The van der Waals surface area contributed by atoms with Gasteiger partial charge in [0, 0.05) is 39.3 Å². The minimum atomic E-state index is -0.907. The van der Waals surface area contributed by atoms with E-state index in [1.54, 1.807) is 0 Å². The first-order valence-corrected chi connectivity index (χ1v) is 8.38. The zero-order chi connectivity index (χ0) is 18.0. The Morgan fingerprint density at radius 2 is 1.92 bits per heavy atom. The molecule has 3 N–H and O–H groups in total. The lowest BCUT2D eigenvalue weighted by Gasteiger charge is -2.33. The highest BCUT2D eigenvalue weighted by molar-refractivity contribution is 5.87. The van der Waals surface area contributed by atoms with Gasteiger partial charge < -0.3 is 14.9 Å². The number of piperazine rings is 1. The second-order valence-corrected chi connectivity index (χ2v) is 6.45. The van der Waals surface area contributed by atoms with Gasteiger partial charge in [-0.05, 0) is 12.8 Å². The van der Waals surface area contributed by atoms with Crippen LogP contribution in [0.4, 0.5) is 9.59 Å². The molecule has 0 unspecified atom stereocenters. The average Bonchev–Trinajstić information content (AvgIpc) is 2.83. The Kier molecular flexibility index (Phi) is 5.25. The number of urea groups is 1. The van der Waals surface area contributed by atoms with Crippen LogP contribution in [-0.2, 0) is 9.63 Å². The zero-order valence-electron chi connectivity index (χ0n) is 13.8. The molecule has 11 heteroatoms. The van der Waals surface area contributed by atoms with Gasteiger partial charge in [-0.2, -0.15) is 0 Å². The van der Waals surface area contributed by atoms with Crippen LogP contribution in [0.2, 0.25) is 0 Å². The third-order valence-electron chi connectivity index (χ3n) is 4.97. The molecule has 3 saturated heterocycles. The molecule has 3 rings (SSSR count). The van der Waals surface area contributed by atoms with E-state index < -0.39 is 24.1 Å². The standard InChI is InChI=1S/C14H23N5O6/c20-12(11-2-1-10-9-18(11)13(21)19(10)24)15-25-8-7-16-3-5-17(6-4-16)14(22)23/h10-11,24H,1-9H2,(H,15,20)(H,22,23)/t10-,11+/m1/s1. The molecule has 3 aliphatic heterocycles. The van der Waals surface area contributed by atoms with Gasteiger partial charge in [-0.25, -0.2) is 20.1 Å². The second kappa shape index (κ2) is 7.42. The number of rotatable bonds is 5. The maximum atomic E-state index is 12.2. The van der Waals surface area contributed by atoms with Crippen molar-refractivity contribution in [3.05, 3.63) is 0 Å². The van der Waals surface area contributed by atoms with Gasteiger partial charge in [0.25, 0.3) is 5.91 Å². The van der Waals surface area contributed by atoms with E-state index in [1.807, 2.05) is 0 Å². The second-order valence-electron chi connectivity index (χ2n) is 6.45. The molecular formula is C14H23N5O6. The molecule has 3 aliphatic rings. The summed E-state index contributed by atoms with van der Waals surface area (Å²) >= 11 is 0. The predicted molar refractivity (Wildman–Crippen MR) is 82.7 cm³/mol. The summed E-state index contributed by atoms with van der Waals surface area (Å²) in [6.45, 7) is 3.37. The van der Waals surface area contributed by atoms with Gasteiger partial charge in [-0.3, -0.25) is 19.7 Å². The summed E-state index contributed by atoms with van der Waals surface area (Å²) in [4.78, 5) is 44.9. The van der Waals surface area contributed by atoms with E-state index >= 15 is 0 Å². The van der Waals surface area contributed by atoms with Crippen LogP contribution in [0.15, 0.2) is 0 Å². The quantitative estimate of drug-likeness (QED) is 0.327. The molecule has 4 amide bonds. The summed E-state index contributed by atoms with van der Waals surface area (Å²) in [5, 5.41) is 19.2. The molecule has 140 valence electrons. The summed E-state index contributed by atoms with van der Waals surface area (Å²) in [5.41, 5.74) is 2.37. The highest BCUT2D eigenvalue weighted by Gasteiger charge is 2.46. The molecule has 11 nitrogen and oxygen atoms in total. The van der Waals surface area contributed by atoms with Crippen LogP contribution in [0, 0.1) is 0 Å². The van der Waals surface area contributed by atoms with Crippen molar-refractivity contribution in [3.8, 4) is 0 Å². The van der Waals surface area contributed by atoms with Gasteiger partial charge in [0.2, 0.25) is 0 Å². The number of fused-ring (bicyclic) bond motifs is 2. The number of hydrogen-bond donors (Lipinski definition) is 3. The van der Waals surface area contributed by atoms with Crippen molar-refractivity contribution in [2.45, 2.75) is 24.9 Å². The fourth-order valence-electron chi connectivity index (χ4n) is 3.45. The van der Waals surface area contributed by atoms with Gasteiger partial charge in [0.1, 0.15) is 6.04 Å². The topological polar surface area (TPSA) is 126 Å². The Bertz CT molecular complexity index is 538. The van der Waals surface area contributed by atoms with Crippen molar-refractivity contribution >= 4 is 18.0 Å². The molecule has 2 bridgehead atoms. The third kappa shape index (κ3) is 3.78. The largest absolute Gasteiger partial charge is 0.465 e. The molecule has 25 heavy (non-hydrogen) atoms.